The summed E-state index contributed by atoms with van der Waals surface area (Å²) < 4.78 is 10.8. The zero-order valence-corrected chi connectivity index (χ0v) is 19.6. The van der Waals surface area contributed by atoms with E-state index in [0.717, 1.165) is 57.1 Å². The number of nitrogens with zero attached hydrogens (tertiary/aromatic N) is 1. The Morgan fingerprint density at radius 1 is 1.17 bits per heavy atom. The third-order valence-corrected chi connectivity index (χ3v) is 6.92. The van der Waals surface area contributed by atoms with Crippen LogP contribution in [0.2, 0.25) is 0 Å². The molecule has 0 bridgehead atoms. The molecule has 8 heteroatoms. The van der Waals surface area contributed by atoms with Gasteiger partial charge in [0.1, 0.15) is 11.5 Å². The quantitative estimate of drug-likeness (QED) is 0.684. The molecule has 2 aliphatic heterocycles. The van der Waals surface area contributed by atoms with Gasteiger partial charge in [-0.2, -0.15) is 0 Å². The van der Waals surface area contributed by atoms with E-state index in [-0.39, 0.29) is 42.2 Å². The summed E-state index contributed by atoms with van der Waals surface area (Å²) in [7, 11) is 3.35. The van der Waals surface area contributed by atoms with Gasteiger partial charge in [-0.3, -0.25) is 9.69 Å². The van der Waals surface area contributed by atoms with Crippen LogP contribution in [0.1, 0.15) is 37.7 Å². The standard InChI is InChI=1S/C22H33N3O3.2ClH/c1-27-19-9-16(10-20(11-19)28-2)13-25-8-6-18(14-25)24-21(26)22-7-4-3-5-17(22)12-23-15-22;;/h9-11,17-18,23H,3-8,12-15H2,1-2H3,(H,24,26);2*1H/t17-,18?,22+;;/m0../s1. The van der Waals surface area contributed by atoms with Crippen LogP contribution in [0.4, 0.5) is 0 Å². The first kappa shape index (κ1) is 25.1. The number of hydrogen-bond donors (Lipinski definition) is 2. The number of carbonyl (C=O) groups excluding carboxylic acids is 1. The lowest BCUT2D eigenvalue weighted by Crippen LogP contribution is -2.51. The Morgan fingerprint density at radius 2 is 1.90 bits per heavy atom. The van der Waals surface area contributed by atoms with Crippen LogP contribution in [-0.4, -0.2) is 57.2 Å². The monoisotopic (exact) mass is 459 g/mol. The van der Waals surface area contributed by atoms with Crippen LogP contribution in [0.25, 0.3) is 0 Å². The third kappa shape index (κ3) is 5.16. The van der Waals surface area contributed by atoms with Crippen LogP contribution in [0.3, 0.4) is 0 Å². The summed E-state index contributed by atoms with van der Waals surface area (Å²) in [4.78, 5) is 15.6. The Balaban J connectivity index is 0.00000160. The van der Waals surface area contributed by atoms with E-state index in [1.54, 1.807) is 14.2 Å². The zero-order valence-electron chi connectivity index (χ0n) is 17.9. The molecule has 1 aromatic carbocycles. The number of rotatable bonds is 6. The Morgan fingerprint density at radius 3 is 2.60 bits per heavy atom. The lowest BCUT2D eigenvalue weighted by atomic mass is 9.67. The number of likely N-dealkylation sites (tertiary alicyclic amines) is 1. The van der Waals surface area contributed by atoms with Gasteiger partial charge >= 0.3 is 0 Å². The fraction of sp³-hybridized carbons (Fsp3) is 0.682. The number of ether oxygens (including phenoxy) is 2. The molecule has 0 aromatic heterocycles. The zero-order chi connectivity index (χ0) is 19.6. The number of methoxy groups -OCH3 is 2. The van der Waals surface area contributed by atoms with Gasteiger partial charge in [0.2, 0.25) is 5.91 Å². The van der Waals surface area contributed by atoms with Crippen molar-refractivity contribution in [3.8, 4) is 11.5 Å². The van der Waals surface area contributed by atoms with Crippen molar-refractivity contribution in [3.63, 3.8) is 0 Å². The summed E-state index contributed by atoms with van der Waals surface area (Å²) >= 11 is 0. The highest BCUT2D eigenvalue weighted by molar-refractivity contribution is 5.85. The summed E-state index contributed by atoms with van der Waals surface area (Å²) in [5.74, 6) is 2.43. The highest BCUT2D eigenvalue weighted by Gasteiger charge is 2.50. The minimum Gasteiger partial charge on any atom is -0.497 e. The van der Waals surface area contributed by atoms with Gasteiger partial charge in [-0.1, -0.05) is 12.8 Å². The normalized spacial score (nSPS) is 28.1. The lowest BCUT2D eigenvalue weighted by molar-refractivity contribution is -0.134. The maximum absolute atomic E-state index is 13.2. The van der Waals surface area contributed by atoms with Crippen molar-refractivity contribution in [1.82, 2.24) is 15.5 Å². The van der Waals surface area contributed by atoms with Gasteiger partial charge < -0.3 is 20.1 Å². The van der Waals surface area contributed by atoms with Gasteiger partial charge in [-0.15, -0.1) is 24.8 Å². The number of amides is 1. The average molecular weight is 460 g/mol. The Kier molecular flexibility index (Phi) is 9.10. The fourth-order valence-electron chi connectivity index (χ4n) is 5.33. The Bertz CT molecular complexity index is 699. The summed E-state index contributed by atoms with van der Waals surface area (Å²) in [6.45, 7) is 4.60. The highest BCUT2D eigenvalue weighted by atomic mass is 35.5. The van der Waals surface area contributed by atoms with Gasteiger partial charge in [0.05, 0.1) is 19.6 Å². The molecule has 1 aliphatic carbocycles. The predicted molar refractivity (Wildman–Crippen MR) is 123 cm³/mol. The lowest BCUT2D eigenvalue weighted by Gasteiger charge is -2.37. The summed E-state index contributed by atoms with van der Waals surface area (Å²) in [5, 5.41) is 6.88. The number of halogens is 2. The number of hydrogen-bond acceptors (Lipinski definition) is 5. The molecule has 0 radical (unpaired) electrons. The molecule has 2 saturated heterocycles. The SMILES string of the molecule is COc1cc(CN2CCC(NC(=O)[C@@]34CCCC[C@H]3CNC4)C2)cc(OC)c1.Cl.Cl. The van der Waals surface area contributed by atoms with Crippen molar-refractivity contribution in [2.45, 2.75) is 44.7 Å². The van der Waals surface area contributed by atoms with Gasteiger partial charge in [-0.25, -0.2) is 0 Å². The van der Waals surface area contributed by atoms with E-state index in [1.165, 1.54) is 24.8 Å². The second-order valence-electron chi connectivity index (χ2n) is 8.64. The Hall–Kier alpha value is -1.21. The topological polar surface area (TPSA) is 62.8 Å². The molecule has 170 valence electrons. The summed E-state index contributed by atoms with van der Waals surface area (Å²) in [6.07, 6.45) is 5.69. The van der Waals surface area contributed by atoms with Crippen LogP contribution >= 0.6 is 24.8 Å². The predicted octanol–water partition coefficient (Wildman–Crippen LogP) is 3.02. The first-order valence-electron chi connectivity index (χ1n) is 10.6. The smallest absolute Gasteiger partial charge is 0.228 e. The van der Waals surface area contributed by atoms with Crippen LogP contribution < -0.4 is 20.1 Å². The van der Waals surface area contributed by atoms with Gasteiger partial charge in [0.15, 0.2) is 0 Å². The second kappa shape index (κ2) is 10.9. The van der Waals surface area contributed by atoms with Crippen molar-refractivity contribution in [2.75, 3.05) is 40.4 Å². The van der Waals surface area contributed by atoms with Crippen LogP contribution in [0.5, 0.6) is 11.5 Å². The summed E-state index contributed by atoms with van der Waals surface area (Å²) in [5.41, 5.74) is 1.01. The molecule has 3 aliphatic rings. The Labute approximate surface area is 192 Å². The summed E-state index contributed by atoms with van der Waals surface area (Å²) in [6, 6.07) is 6.26. The fourth-order valence-corrected chi connectivity index (χ4v) is 5.33. The molecular formula is C22H35Cl2N3O3. The van der Waals surface area contributed by atoms with E-state index >= 15 is 0 Å². The van der Waals surface area contributed by atoms with Gasteiger partial charge in [-0.05, 0) is 49.4 Å². The van der Waals surface area contributed by atoms with Crippen molar-refractivity contribution in [1.29, 1.82) is 0 Å². The molecule has 3 fully saturated rings. The maximum atomic E-state index is 13.2. The molecule has 2 heterocycles. The van der Waals surface area contributed by atoms with Crippen molar-refractivity contribution in [3.05, 3.63) is 23.8 Å². The van der Waals surface area contributed by atoms with E-state index in [1.807, 2.05) is 6.07 Å². The molecule has 30 heavy (non-hydrogen) atoms. The van der Waals surface area contributed by atoms with E-state index in [0.29, 0.717) is 5.92 Å². The number of carbonyl (C=O) groups is 1. The van der Waals surface area contributed by atoms with E-state index in [2.05, 4.69) is 27.7 Å². The molecule has 6 nitrogen and oxygen atoms in total. The first-order chi connectivity index (χ1) is 13.6. The second-order valence-corrected chi connectivity index (χ2v) is 8.64. The van der Waals surface area contributed by atoms with E-state index < -0.39 is 0 Å². The third-order valence-electron chi connectivity index (χ3n) is 6.92. The molecule has 3 atom stereocenters. The molecule has 1 saturated carbocycles. The first-order valence-corrected chi connectivity index (χ1v) is 10.6. The molecule has 4 rings (SSSR count). The van der Waals surface area contributed by atoms with Crippen LogP contribution in [0, 0.1) is 11.3 Å². The molecule has 2 N–H and O–H groups in total. The van der Waals surface area contributed by atoms with E-state index in [4.69, 9.17) is 9.47 Å². The molecule has 1 unspecified atom stereocenters. The van der Waals surface area contributed by atoms with Crippen LogP contribution in [-0.2, 0) is 11.3 Å². The minimum atomic E-state index is -0.161. The van der Waals surface area contributed by atoms with Gasteiger partial charge in [0, 0.05) is 38.3 Å². The highest BCUT2D eigenvalue weighted by Crippen LogP contribution is 2.44. The van der Waals surface area contributed by atoms with Crippen molar-refractivity contribution >= 4 is 30.7 Å². The van der Waals surface area contributed by atoms with Crippen LogP contribution in [0.15, 0.2) is 18.2 Å². The molecular weight excluding hydrogens is 425 g/mol. The molecule has 1 amide bonds. The van der Waals surface area contributed by atoms with Gasteiger partial charge in [0.25, 0.3) is 0 Å². The van der Waals surface area contributed by atoms with Crippen molar-refractivity contribution in [2.24, 2.45) is 11.3 Å². The minimum absolute atomic E-state index is 0. The van der Waals surface area contributed by atoms with E-state index in [9.17, 15) is 4.79 Å². The number of nitrogens with one attached hydrogen (secondary N) is 2. The number of fused-ring (bicyclic) bond motifs is 1. The maximum Gasteiger partial charge on any atom is 0.228 e. The number of benzene rings is 1. The van der Waals surface area contributed by atoms with Crippen molar-refractivity contribution < 1.29 is 14.3 Å². The molecule has 1 aromatic rings. The largest absolute Gasteiger partial charge is 0.497 e. The molecule has 0 spiro atoms. The average Bonchev–Trinajstić information content (AvgIpc) is 3.35.